The Bertz CT molecular complexity index is 181. The Labute approximate surface area is 54.1 Å². The van der Waals surface area contributed by atoms with Crippen LogP contribution in [0.25, 0.3) is 0 Å². The van der Waals surface area contributed by atoms with Crippen LogP contribution in [0.1, 0.15) is 5.56 Å². The molecule has 0 aromatic carbocycles. The Morgan fingerprint density at radius 3 is 2.67 bits per heavy atom. The summed E-state index contributed by atoms with van der Waals surface area (Å²) in [6.07, 6.45) is 5.56. The van der Waals surface area contributed by atoms with E-state index in [0.29, 0.717) is 6.42 Å². The second-order valence-corrected chi connectivity index (χ2v) is 1.76. The van der Waals surface area contributed by atoms with Crippen LogP contribution in [0.15, 0.2) is 24.5 Å². The van der Waals surface area contributed by atoms with E-state index < -0.39 is 0 Å². The minimum atomic E-state index is 0.711. The molecular weight excluding hydrogens is 112 g/mol. The molecular formula is C7H8N2. The van der Waals surface area contributed by atoms with Crippen LogP contribution in [0.4, 0.5) is 0 Å². The molecule has 0 aliphatic heterocycles. The highest BCUT2D eigenvalue weighted by Crippen LogP contribution is 1.93. The van der Waals surface area contributed by atoms with Crippen molar-refractivity contribution in [2.24, 2.45) is 0 Å². The molecule has 0 radical (unpaired) electrons. The molecule has 1 aromatic rings. The van der Waals surface area contributed by atoms with Crippen molar-refractivity contribution in [1.82, 2.24) is 4.98 Å². The van der Waals surface area contributed by atoms with Crippen LogP contribution < -0.4 is 0 Å². The molecule has 1 heterocycles. The molecule has 0 bridgehead atoms. The second kappa shape index (κ2) is 2.97. The van der Waals surface area contributed by atoms with E-state index in [1.807, 2.05) is 12.1 Å². The van der Waals surface area contributed by atoms with E-state index in [2.05, 4.69) is 4.98 Å². The SMILES string of the molecule is N=CCc1ccncc1. The highest BCUT2D eigenvalue weighted by Gasteiger charge is 1.83. The molecule has 1 N–H and O–H groups in total. The van der Waals surface area contributed by atoms with Gasteiger partial charge in [-0.1, -0.05) is 0 Å². The van der Waals surface area contributed by atoms with Gasteiger partial charge < -0.3 is 5.41 Å². The Kier molecular flexibility index (Phi) is 1.96. The van der Waals surface area contributed by atoms with E-state index >= 15 is 0 Å². The van der Waals surface area contributed by atoms with Gasteiger partial charge in [0.1, 0.15) is 0 Å². The first-order valence-corrected chi connectivity index (χ1v) is 2.81. The van der Waals surface area contributed by atoms with Gasteiger partial charge in [-0.3, -0.25) is 4.98 Å². The van der Waals surface area contributed by atoms with Crippen LogP contribution >= 0.6 is 0 Å². The van der Waals surface area contributed by atoms with E-state index in [-0.39, 0.29) is 0 Å². The van der Waals surface area contributed by atoms with E-state index in [4.69, 9.17) is 5.41 Å². The number of rotatable bonds is 2. The van der Waals surface area contributed by atoms with Crippen LogP contribution in [0, 0.1) is 5.41 Å². The maximum Gasteiger partial charge on any atom is 0.0270 e. The maximum absolute atomic E-state index is 6.79. The van der Waals surface area contributed by atoms with Gasteiger partial charge in [0.25, 0.3) is 0 Å². The fourth-order valence-corrected chi connectivity index (χ4v) is 0.637. The monoisotopic (exact) mass is 120 g/mol. The summed E-state index contributed by atoms with van der Waals surface area (Å²) in [5.74, 6) is 0. The fourth-order valence-electron chi connectivity index (χ4n) is 0.637. The first kappa shape index (κ1) is 5.95. The van der Waals surface area contributed by atoms with Crippen molar-refractivity contribution in [2.45, 2.75) is 6.42 Å². The maximum atomic E-state index is 6.79. The van der Waals surface area contributed by atoms with Crippen molar-refractivity contribution in [3.05, 3.63) is 30.1 Å². The zero-order valence-corrected chi connectivity index (χ0v) is 5.04. The van der Waals surface area contributed by atoms with Gasteiger partial charge in [0.2, 0.25) is 0 Å². The van der Waals surface area contributed by atoms with Crippen molar-refractivity contribution in [3.8, 4) is 0 Å². The van der Waals surface area contributed by atoms with Crippen molar-refractivity contribution < 1.29 is 0 Å². The van der Waals surface area contributed by atoms with Crippen molar-refractivity contribution in [2.75, 3.05) is 0 Å². The van der Waals surface area contributed by atoms with Gasteiger partial charge in [0.15, 0.2) is 0 Å². The summed E-state index contributed by atoms with van der Waals surface area (Å²) >= 11 is 0. The summed E-state index contributed by atoms with van der Waals surface area (Å²) in [7, 11) is 0. The Morgan fingerprint density at radius 1 is 1.44 bits per heavy atom. The van der Waals surface area contributed by atoms with Gasteiger partial charge in [-0.2, -0.15) is 0 Å². The molecule has 0 amide bonds. The van der Waals surface area contributed by atoms with E-state index in [0.717, 1.165) is 5.56 Å². The summed E-state index contributed by atoms with van der Waals surface area (Å²) in [4.78, 5) is 3.85. The minimum Gasteiger partial charge on any atom is -0.313 e. The summed E-state index contributed by atoms with van der Waals surface area (Å²) in [6.45, 7) is 0. The molecule has 0 fully saturated rings. The topological polar surface area (TPSA) is 36.7 Å². The van der Waals surface area contributed by atoms with E-state index in [9.17, 15) is 0 Å². The second-order valence-electron chi connectivity index (χ2n) is 1.76. The van der Waals surface area contributed by atoms with Gasteiger partial charge in [-0.15, -0.1) is 0 Å². The zero-order chi connectivity index (χ0) is 6.53. The summed E-state index contributed by atoms with van der Waals surface area (Å²) < 4.78 is 0. The minimum absolute atomic E-state index is 0.711. The molecule has 2 heteroatoms. The molecule has 0 aliphatic rings. The highest BCUT2D eigenvalue weighted by atomic mass is 14.6. The van der Waals surface area contributed by atoms with Crippen LogP contribution in [-0.4, -0.2) is 11.2 Å². The molecule has 9 heavy (non-hydrogen) atoms. The van der Waals surface area contributed by atoms with E-state index in [1.54, 1.807) is 12.4 Å². The fraction of sp³-hybridized carbons (Fsp3) is 0.143. The van der Waals surface area contributed by atoms with Gasteiger partial charge in [-0.05, 0) is 23.9 Å². The van der Waals surface area contributed by atoms with Gasteiger partial charge in [0, 0.05) is 18.8 Å². The lowest BCUT2D eigenvalue weighted by atomic mass is 10.2. The normalized spacial score (nSPS) is 8.89. The predicted molar refractivity (Wildman–Crippen MR) is 36.7 cm³/mol. The molecule has 0 aliphatic carbocycles. The first-order valence-electron chi connectivity index (χ1n) is 2.81. The molecule has 0 atom stereocenters. The summed E-state index contributed by atoms with van der Waals surface area (Å²) in [6, 6.07) is 3.82. The third kappa shape index (κ3) is 1.64. The van der Waals surface area contributed by atoms with Crippen LogP contribution in [0.5, 0.6) is 0 Å². The lowest BCUT2D eigenvalue weighted by molar-refractivity contribution is 1.24. The van der Waals surface area contributed by atoms with Crippen molar-refractivity contribution in [3.63, 3.8) is 0 Å². The molecule has 2 nitrogen and oxygen atoms in total. The average Bonchev–Trinajstić information content (AvgIpc) is 1.91. The smallest absolute Gasteiger partial charge is 0.0270 e. The lowest BCUT2D eigenvalue weighted by Crippen LogP contribution is -1.83. The Morgan fingerprint density at radius 2 is 2.11 bits per heavy atom. The quantitative estimate of drug-likeness (QED) is 0.586. The predicted octanol–water partition coefficient (Wildman–Crippen LogP) is 1.27. The highest BCUT2D eigenvalue weighted by molar-refractivity contribution is 5.57. The lowest BCUT2D eigenvalue weighted by Gasteiger charge is -1.89. The summed E-state index contributed by atoms with van der Waals surface area (Å²) in [5.41, 5.74) is 1.14. The largest absolute Gasteiger partial charge is 0.313 e. The third-order valence-corrected chi connectivity index (χ3v) is 1.09. The number of hydrogen-bond donors (Lipinski definition) is 1. The number of pyridine rings is 1. The van der Waals surface area contributed by atoms with Crippen LogP contribution in [0.3, 0.4) is 0 Å². The molecule has 1 aromatic heterocycles. The molecule has 0 saturated heterocycles. The van der Waals surface area contributed by atoms with E-state index in [1.165, 1.54) is 6.21 Å². The van der Waals surface area contributed by atoms with Crippen molar-refractivity contribution in [1.29, 1.82) is 5.41 Å². The number of aromatic nitrogens is 1. The number of nitrogens with zero attached hydrogens (tertiary/aromatic N) is 1. The third-order valence-electron chi connectivity index (χ3n) is 1.09. The van der Waals surface area contributed by atoms with Crippen LogP contribution in [-0.2, 0) is 6.42 Å². The Hall–Kier alpha value is -1.18. The van der Waals surface area contributed by atoms with Gasteiger partial charge in [-0.25, -0.2) is 0 Å². The van der Waals surface area contributed by atoms with Gasteiger partial charge >= 0.3 is 0 Å². The van der Waals surface area contributed by atoms with Gasteiger partial charge in [0.05, 0.1) is 0 Å². The zero-order valence-electron chi connectivity index (χ0n) is 5.04. The molecule has 46 valence electrons. The average molecular weight is 120 g/mol. The molecule has 0 spiro atoms. The summed E-state index contributed by atoms with van der Waals surface area (Å²) in [5, 5.41) is 6.79. The Balaban J connectivity index is 2.72. The molecule has 1 rings (SSSR count). The van der Waals surface area contributed by atoms with Crippen LogP contribution in [0.2, 0.25) is 0 Å². The molecule has 0 unspecified atom stereocenters. The molecule has 0 saturated carbocycles. The standard InChI is InChI=1S/C7H8N2/c8-4-1-7-2-5-9-6-3-7/h2-6,8H,1H2. The van der Waals surface area contributed by atoms with Crippen molar-refractivity contribution >= 4 is 6.21 Å². The first-order chi connectivity index (χ1) is 4.43. The number of hydrogen-bond acceptors (Lipinski definition) is 2. The number of nitrogens with one attached hydrogen (secondary N) is 1.